The van der Waals surface area contributed by atoms with E-state index < -0.39 is 10.0 Å². The molecular weight excluding hydrogens is 288 g/mol. The average Bonchev–Trinajstić information content (AvgIpc) is 2.87. The summed E-state index contributed by atoms with van der Waals surface area (Å²) in [5.74, 6) is 0.998. The molecule has 6 heteroatoms. The first-order valence-corrected chi connectivity index (χ1v) is 8.82. The van der Waals surface area contributed by atoms with E-state index in [1.54, 1.807) is 7.11 Å². The number of sulfonamides is 1. The first-order valence-electron chi connectivity index (χ1n) is 7.17. The van der Waals surface area contributed by atoms with Gasteiger partial charge in [0.1, 0.15) is 5.75 Å². The number of nitrogens with one attached hydrogen (secondary N) is 2. The summed E-state index contributed by atoms with van der Waals surface area (Å²) in [6.07, 6.45) is 4.14. The number of ether oxygens (including phenoxy) is 1. The van der Waals surface area contributed by atoms with Crippen molar-refractivity contribution in [3.05, 3.63) is 30.0 Å². The maximum atomic E-state index is 11.7. The maximum Gasteiger partial charge on any atom is 0.211 e. The lowest BCUT2D eigenvalue weighted by Crippen LogP contribution is -2.28. The van der Waals surface area contributed by atoms with E-state index in [2.05, 4.69) is 9.71 Å². The highest BCUT2D eigenvalue weighted by Crippen LogP contribution is 2.23. The van der Waals surface area contributed by atoms with E-state index in [1.165, 1.54) is 0 Å². The molecule has 0 saturated carbocycles. The number of rotatable bonds is 8. The summed E-state index contributed by atoms with van der Waals surface area (Å²) >= 11 is 0. The van der Waals surface area contributed by atoms with E-state index in [1.807, 2.05) is 31.3 Å². The molecule has 0 unspecified atom stereocenters. The third kappa shape index (κ3) is 4.22. The van der Waals surface area contributed by atoms with E-state index in [-0.39, 0.29) is 5.75 Å². The predicted molar refractivity (Wildman–Crippen MR) is 85.3 cm³/mol. The van der Waals surface area contributed by atoms with E-state index in [9.17, 15) is 8.42 Å². The summed E-state index contributed by atoms with van der Waals surface area (Å²) < 4.78 is 31.4. The average molecular weight is 310 g/mol. The van der Waals surface area contributed by atoms with Gasteiger partial charge in [-0.25, -0.2) is 13.1 Å². The summed E-state index contributed by atoms with van der Waals surface area (Å²) in [6, 6.07) is 5.83. The lowest BCUT2D eigenvalue weighted by Gasteiger charge is -2.06. The lowest BCUT2D eigenvalue weighted by molar-refractivity contribution is 0.415. The Bertz CT molecular complexity index is 692. The smallest absolute Gasteiger partial charge is 0.211 e. The zero-order valence-electron chi connectivity index (χ0n) is 12.5. The molecule has 0 aliphatic heterocycles. The van der Waals surface area contributed by atoms with Crippen LogP contribution in [0.2, 0.25) is 0 Å². The Balaban J connectivity index is 2.00. The van der Waals surface area contributed by atoms with Crippen LogP contribution in [-0.4, -0.2) is 32.8 Å². The second-order valence-corrected chi connectivity index (χ2v) is 6.97. The van der Waals surface area contributed by atoms with E-state index in [0.29, 0.717) is 19.4 Å². The van der Waals surface area contributed by atoms with Crippen LogP contribution in [0.15, 0.2) is 24.4 Å². The number of unbranched alkanes of at least 4 members (excludes halogenated alkanes) is 1. The van der Waals surface area contributed by atoms with Gasteiger partial charge in [0.2, 0.25) is 10.0 Å². The third-order valence-corrected chi connectivity index (χ3v) is 4.93. The highest BCUT2D eigenvalue weighted by atomic mass is 32.2. The fourth-order valence-corrected chi connectivity index (χ4v) is 3.47. The molecule has 0 fully saturated rings. The number of aromatic amines is 1. The molecule has 0 bridgehead atoms. The van der Waals surface area contributed by atoms with Gasteiger partial charge in [0.15, 0.2) is 0 Å². The highest BCUT2D eigenvalue weighted by Gasteiger charge is 2.10. The second kappa shape index (κ2) is 6.95. The Morgan fingerprint density at radius 2 is 2.14 bits per heavy atom. The van der Waals surface area contributed by atoms with Crippen molar-refractivity contribution in [3.63, 3.8) is 0 Å². The van der Waals surface area contributed by atoms with Crippen molar-refractivity contribution in [2.45, 2.75) is 26.2 Å². The molecule has 0 saturated heterocycles. The number of methoxy groups -OCH3 is 1. The predicted octanol–water partition coefficient (Wildman–Crippen LogP) is 2.44. The first kappa shape index (κ1) is 15.9. The Labute approximate surface area is 125 Å². The van der Waals surface area contributed by atoms with E-state index in [0.717, 1.165) is 28.6 Å². The van der Waals surface area contributed by atoms with Crippen LogP contribution in [0.5, 0.6) is 5.75 Å². The zero-order chi connectivity index (χ0) is 15.3. The number of fused-ring (bicyclic) bond motifs is 1. The number of hydrogen-bond donors (Lipinski definition) is 2. The molecule has 2 aromatic rings. The minimum Gasteiger partial charge on any atom is -0.497 e. The van der Waals surface area contributed by atoms with Crippen molar-refractivity contribution >= 4 is 20.9 Å². The van der Waals surface area contributed by atoms with Crippen LogP contribution in [0.1, 0.15) is 25.3 Å². The molecule has 2 N–H and O–H groups in total. The Morgan fingerprint density at radius 3 is 2.86 bits per heavy atom. The van der Waals surface area contributed by atoms with Crippen LogP contribution in [0.4, 0.5) is 0 Å². The molecule has 0 spiro atoms. The van der Waals surface area contributed by atoms with Crippen molar-refractivity contribution in [3.8, 4) is 5.75 Å². The van der Waals surface area contributed by atoms with Gasteiger partial charge in [0, 0.05) is 23.6 Å². The van der Waals surface area contributed by atoms with Gasteiger partial charge in [-0.15, -0.1) is 0 Å². The van der Waals surface area contributed by atoms with Crippen LogP contribution in [-0.2, 0) is 16.4 Å². The van der Waals surface area contributed by atoms with Gasteiger partial charge in [-0.05, 0) is 36.6 Å². The highest BCUT2D eigenvalue weighted by molar-refractivity contribution is 7.89. The topological polar surface area (TPSA) is 71.2 Å². The molecule has 0 atom stereocenters. The van der Waals surface area contributed by atoms with E-state index >= 15 is 0 Å². The van der Waals surface area contributed by atoms with Crippen LogP contribution in [0, 0.1) is 0 Å². The molecule has 1 heterocycles. The molecule has 1 aromatic heterocycles. The van der Waals surface area contributed by atoms with Crippen molar-refractivity contribution in [1.29, 1.82) is 0 Å². The van der Waals surface area contributed by atoms with Crippen molar-refractivity contribution in [2.24, 2.45) is 0 Å². The molecule has 116 valence electrons. The van der Waals surface area contributed by atoms with Gasteiger partial charge in [0.25, 0.3) is 0 Å². The fraction of sp³-hybridized carbons (Fsp3) is 0.467. The summed E-state index contributed by atoms with van der Waals surface area (Å²) in [4.78, 5) is 3.19. The first-order chi connectivity index (χ1) is 10.1. The maximum absolute atomic E-state index is 11.7. The Kier molecular flexibility index (Phi) is 5.25. The zero-order valence-corrected chi connectivity index (χ0v) is 13.3. The molecule has 0 radical (unpaired) electrons. The summed E-state index contributed by atoms with van der Waals surface area (Å²) in [5, 5.41) is 1.07. The molecule has 0 amide bonds. The number of H-pyrrole nitrogens is 1. The van der Waals surface area contributed by atoms with Crippen LogP contribution in [0.3, 0.4) is 0 Å². The minimum atomic E-state index is -3.15. The van der Waals surface area contributed by atoms with Crippen LogP contribution in [0.25, 0.3) is 10.9 Å². The fourth-order valence-electron chi connectivity index (χ4n) is 2.24. The molecule has 0 aliphatic rings. The number of benzene rings is 1. The van der Waals surface area contributed by atoms with Gasteiger partial charge in [0.05, 0.1) is 12.9 Å². The molecule has 0 aliphatic carbocycles. The molecule has 5 nitrogen and oxygen atoms in total. The van der Waals surface area contributed by atoms with Gasteiger partial charge in [-0.3, -0.25) is 0 Å². The molecule has 21 heavy (non-hydrogen) atoms. The lowest BCUT2D eigenvalue weighted by atomic mass is 10.1. The van der Waals surface area contributed by atoms with Crippen LogP contribution >= 0.6 is 0 Å². The Hall–Kier alpha value is -1.53. The largest absolute Gasteiger partial charge is 0.497 e. The normalized spacial score (nSPS) is 11.9. The molecule has 1 aromatic carbocycles. The Morgan fingerprint density at radius 1 is 1.33 bits per heavy atom. The minimum absolute atomic E-state index is 0.200. The van der Waals surface area contributed by atoms with Crippen LogP contribution < -0.4 is 9.46 Å². The van der Waals surface area contributed by atoms with Crippen molar-refractivity contribution in [2.75, 3.05) is 19.4 Å². The summed E-state index contributed by atoms with van der Waals surface area (Å²) in [7, 11) is -1.51. The third-order valence-electron chi connectivity index (χ3n) is 3.46. The quantitative estimate of drug-likeness (QED) is 0.786. The molecular formula is C15H22N2O3S. The summed E-state index contributed by atoms with van der Waals surface area (Å²) in [6.45, 7) is 2.39. The van der Waals surface area contributed by atoms with Crippen molar-refractivity contribution < 1.29 is 13.2 Å². The van der Waals surface area contributed by atoms with Gasteiger partial charge in [-0.2, -0.15) is 0 Å². The van der Waals surface area contributed by atoms with Gasteiger partial charge < -0.3 is 9.72 Å². The van der Waals surface area contributed by atoms with Gasteiger partial charge >= 0.3 is 0 Å². The second-order valence-electron chi connectivity index (χ2n) is 5.04. The van der Waals surface area contributed by atoms with Crippen molar-refractivity contribution in [1.82, 2.24) is 9.71 Å². The number of hydrogen-bond acceptors (Lipinski definition) is 3. The standard InChI is InChI=1S/C15H22N2O3S/c1-3-4-9-21(18,19)17-8-7-12-11-16-15-6-5-13(20-2)10-14(12)15/h5-6,10-11,16-17H,3-4,7-9H2,1-2H3. The monoisotopic (exact) mass is 310 g/mol. The van der Waals surface area contributed by atoms with Gasteiger partial charge in [-0.1, -0.05) is 13.3 Å². The SMILES string of the molecule is CCCCS(=O)(=O)NCCc1c[nH]c2ccc(OC)cc12. The molecule has 2 rings (SSSR count). The van der Waals surface area contributed by atoms with E-state index in [4.69, 9.17) is 4.74 Å². The number of aromatic nitrogens is 1. The summed E-state index contributed by atoms with van der Waals surface area (Å²) in [5.41, 5.74) is 2.11.